The molecular weight excluding hydrogens is 421 g/mol. The van der Waals surface area contributed by atoms with Crippen molar-refractivity contribution in [1.29, 1.82) is 0 Å². The van der Waals surface area contributed by atoms with Crippen LogP contribution in [0.3, 0.4) is 0 Å². The highest BCUT2D eigenvalue weighted by Crippen LogP contribution is 2.21. The molecule has 0 atom stereocenters. The SMILES string of the molecule is O=c1c2c(n3ncnc3n1Cc1ccc(Cl)cc1)CCN(Cc1cccc(Cl)c1)C2. The van der Waals surface area contributed by atoms with Crippen LogP contribution in [-0.4, -0.2) is 30.6 Å². The van der Waals surface area contributed by atoms with E-state index in [1.807, 2.05) is 47.0 Å². The molecule has 4 aromatic rings. The van der Waals surface area contributed by atoms with Gasteiger partial charge in [0.25, 0.3) is 5.56 Å². The van der Waals surface area contributed by atoms with Crippen LogP contribution in [0.4, 0.5) is 0 Å². The fraction of sp³-hybridized carbons (Fsp3) is 0.227. The lowest BCUT2D eigenvalue weighted by atomic mass is 10.1. The average Bonchev–Trinajstić information content (AvgIpc) is 3.22. The van der Waals surface area contributed by atoms with E-state index in [9.17, 15) is 4.79 Å². The van der Waals surface area contributed by atoms with Crippen LogP contribution in [0.5, 0.6) is 0 Å². The van der Waals surface area contributed by atoms with Crippen LogP contribution >= 0.6 is 23.2 Å². The molecule has 2 aromatic carbocycles. The maximum Gasteiger partial charge on any atom is 0.260 e. The molecule has 152 valence electrons. The second-order valence-electron chi connectivity index (χ2n) is 7.51. The number of hydrogen-bond acceptors (Lipinski definition) is 4. The van der Waals surface area contributed by atoms with E-state index in [0.717, 1.165) is 46.9 Å². The van der Waals surface area contributed by atoms with Crippen molar-refractivity contribution in [2.75, 3.05) is 6.54 Å². The van der Waals surface area contributed by atoms with Gasteiger partial charge in [-0.2, -0.15) is 10.1 Å². The highest BCUT2D eigenvalue weighted by atomic mass is 35.5. The number of aromatic nitrogens is 4. The fourth-order valence-electron chi connectivity index (χ4n) is 4.04. The lowest BCUT2D eigenvalue weighted by Gasteiger charge is -2.29. The molecule has 0 aliphatic carbocycles. The molecule has 0 saturated heterocycles. The Balaban J connectivity index is 1.51. The molecule has 1 aliphatic heterocycles. The van der Waals surface area contributed by atoms with E-state index < -0.39 is 0 Å². The van der Waals surface area contributed by atoms with E-state index >= 15 is 0 Å². The lowest BCUT2D eigenvalue weighted by molar-refractivity contribution is 0.239. The minimum absolute atomic E-state index is 0.0174. The molecule has 0 bridgehead atoms. The molecule has 3 heterocycles. The van der Waals surface area contributed by atoms with Crippen LogP contribution in [0.15, 0.2) is 59.7 Å². The van der Waals surface area contributed by atoms with Gasteiger partial charge in [-0.25, -0.2) is 4.52 Å². The topological polar surface area (TPSA) is 55.4 Å². The number of rotatable bonds is 4. The van der Waals surface area contributed by atoms with E-state index in [-0.39, 0.29) is 5.56 Å². The Labute approximate surface area is 183 Å². The molecule has 0 fully saturated rings. The Bertz CT molecular complexity index is 1280. The normalized spacial score (nSPS) is 14.2. The summed E-state index contributed by atoms with van der Waals surface area (Å²) in [6, 6.07) is 15.3. The zero-order chi connectivity index (χ0) is 20.7. The number of fused-ring (bicyclic) bond motifs is 3. The second kappa shape index (κ2) is 7.87. The lowest BCUT2D eigenvalue weighted by Crippen LogP contribution is -2.39. The number of hydrogen-bond donors (Lipinski definition) is 0. The third-order valence-electron chi connectivity index (χ3n) is 5.47. The smallest absolute Gasteiger partial charge is 0.260 e. The number of benzene rings is 2. The van der Waals surface area contributed by atoms with Gasteiger partial charge in [-0.1, -0.05) is 47.5 Å². The Kier molecular flexibility index (Phi) is 5.06. The van der Waals surface area contributed by atoms with Crippen LogP contribution in [0.1, 0.15) is 22.4 Å². The number of halogens is 2. The first-order valence-electron chi connectivity index (χ1n) is 9.74. The Morgan fingerprint density at radius 2 is 1.80 bits per heavy atom. The van der Waals surface area contributed by atoms with Gasteiger partial charge in [0.2, 0.25) is 5.78 Å². The van der Waals surface area contributed by atoms with Crippen LogP contribution in [0, 0.1) is 0 Å². The van der Waals surface area contributed by atoms with E-state index in [2.05, 4.69) is 21.0 Å². The van der Waals surface area contributed by atoms with Crippen molar-refractivity contribution in [3.8, 4) is 0 Å². The Hall–Kier alpha value is -2.67. The summed E-state index contributed by atoms with van der Waals surface area (Å²) in [5.41, 5.74) is 3.82. The van der Waals surface area contributed by atoms with Gasteiger partial charge < -0.3 is 0 Å². The van der Waals surface area contributed by atoms with Crippen molar-refractivity contribution in [3.63, 3.8) is 0 Å². The van der Waals surface area contributed by atoms with Gasteiger partial charge in [0.1, 0.15) is 6.33 Å². The molecule has 1 aliphatic rings. The van der Waals surface area contributed by atoms with Gasteiger partial charge in [0, 0.05) is 36.1 Å². The van der Waals surface area contributed by atoms with Crippen molar-refractivity contribution in [2.24, 2.45) is 0 Å². The first-order valence-corrected chi connectivity index (χ1v) is 10.5. The summed E-state index contributed by atoms with van der Waals surface area (Å²) >= 11 is 12.1. The second-order valence-corrected chi connectivity index (χ2v) is 8.38. The summed E-state index contributed by atoms with van der Waals surface area (Å²) in [6.07, 6.45) is 2.25. The average molecular weight is 440 g/mol. The standard InChI is InChI=1S/C22H19Cl2N5O/c23-17-6-4-15(5-7-17)12-28-21(30)19-13-27(11-16-2-1-3-18(24)10-16)9-8-20(19)29-22(28)25-14-26-29/h1-7,10,14H,8-9,11-13H2. The maximum atomic E-state index is 13.5. The molecule has 6 nitrogen and oxygen atoms in total. The molecule has 0 unspecified atom stereocenters. The highest BCUT2D eigenvalue weighted by Gasteiger charge is 2.25. The van der Waals surface area contributed by atoms with Gasteiger partial charge >= 0.3 is 0 Å². The van der Waals surface area contributed by atoms with Gasteiger partial charge in [-0.05, 0) is 35.4 Å². The molecule has 0 amide bonds. The van der Waals surface area contributed by atoms with Gasteiger partial charge in [0.05, 0.1) is 17.8 Å². The van der Waals surface area contributed by atoms with Gasteiger partial charge in [0.15, 0.2) is 0 Å². The summed E-state index contributed by atoms with van der Waals surface area (Å²) in [5.74, 6) is 0.567. The van der Waals surface area contributed by atoms with Crippen LogP contribution in [-0.2, 0) is 26.1 Å². The summed E-state index contributed by atoms with van der Waals surface area (Å²) in [5, 5.41) is 5.79. The van der Waals surface area contributed by atoms with E-state index in [0.29, 0.717) is 23.9 Å². The Morgan fingerprint density at radius 1 is 0.967 bits per heavy atom. The van der Waals surface area contributed by atoms with Crippen molar-refractivity contribution < 1.29 is 0 Å². The van der Waals surface area contributed by atoms with Gasteiger partial charge in [-0.15, -0.1) is 0 Å². The van der Waals surface area contributed by atoms with Crippen molar-refractivity contribution in [1.82, 2.24) is 24.1 Å². The predicted octanol–water partition coefficient (Wildman–Crippen LogP) is 3.80. The summed E-state index contributed by atoms with van der Waals surface area (Å²) in [7, 11) is 0. The first-order chi connectivity index (χ1) is 14.6. The van der Waals surface area contributed by atoms with E-state index in [1.165, 1.54) is 6.33 Å². The van der Waals surface area contributed by atoms with Gasteiger partial charge in [-0.3, -0.25) is 14.3 Å². The maximum absolute atomic E-state index is 13.5. The zero-order valence-corrected chi connectivity index (χ0v) is 17.6. The van der Waals surface area contributed by atoms with Crippen LogP contribution < -0.4 is 5.56 Å². The quantitative estimate of drug-likeness (QED) is 0.485. The first kappa shape index (κ1) is 19.3. The third kappa shape index (κ3) is 3.62. The molecular formula is C22H19Cl2N5O. The van der Waals surface area contributed by atoms with E-state index in [4.69, 9.17) is 23.2 Å². The van der Waals surface area contributed by atoms with Crippen molar-refractivity contribution in [2.45, 2.75) is 26.1 Å². The molecule has 0 N–H and O–H groups in total. The summed E-state index contributed by atoms with van der Waals surface area (Å²) < 4.78 is 3.50. The van der Waals surface area contributed by atoms with Crippen LogP contribution in [0.25, 0.3) is 5.78 Å². The molecule has 2 aromatic heterocycles. The van der Waals surface area contributed by atoms with Crippen molar-refractivity contribution in [3.05, 3.63) is 97.6 Å². The molecule has 0 radical (unpaired) electrons. The monoisotopic (exact) mass is 439 g/mol. The Morgan fingerprint density at radius 3 is 2.60 bits per heavy atom. The predicted molar refractivity (Wildman–Crippen MR) is 117 cm³/mol. The van der Waals surface area contributed by atoms with E-state index in [1.54, 1.807) is 4.57 Å². The summed E-state index contributed by atoms with van der Waals surface area (Å²) in [4.78, 5) is 20.1. The molecule has 0 spiro atoms. The molecule has 8 heteroatoms. The zero-order valence-electron chi connectivity index (χ0n) is 16.1. The fourth-order valence-corrected chi connectivity index (χ4v) is 4.38. The van der Waals surface area contributed by atoms with Crippen LogP contribution in [0.2, 0.25) is 10.0 Å². The minimum atomic E-state index is -0.0174. The molecule has 0 saturated carbocycles. The minimum Gasteiger partial charge on any atom is -0.294 e. The number of nitrogens with zero attached hydrogens (tertiary/aromatic N) is 5. The summed E-state index contributed by atoms with van der Waals surface area (Å²) in [6.45, 7) is 2.57. The largest absolute Gasteiger partial charge is 0.294 e. The molecule has 5 rings (SSSR count). The molecule has 30 heavy (non-hydrogen) atoms. The van der Waals surface area contributed by atoms with Crippen molar-refractivity contribution >= 4 is 29.0 Å². The third-order valence-corrected chi connectivity index (χ3v) is 5.96. The highest BCUT2D eigenvalue weighted by molar-refractivity contribution is 6.30.